The first-order valence-corrected chi connectivity index (χ1v) is 12.8. The van der Waals surface area contributed by atoms with Crippen LogP contribution in [-0.4, -0.2) is 40.6 Å². The first-order chi connectivity index (χ1) is 16.7. The molecule has 7 nitrogen and oxygen atoms in total. The summed E-state index contributed by atoms with van der Waals surface area (Å²) in [6.07, 6.45) is 4.95. The molecule has 2 fully saturated rings. The molecular weight excluding hydrogens is 462 g/mol. The van der Waals surface area contributed by atoms with Crippen LogP contribution in [0.3, 0.4) is 0 Å². The highest BCUT2D eigenvalue weighted by molar-refractivity contribution is 6.62. The fourth-order valence-electron chi connectivity index (χ4n) is 4.51. The van der Waals surface area contributed by atoms with Gasteiger partial charge in [0.05, 0.1) is 16.6 Å². The Morgan fingerprint density at radius 3 is 2.44 bits per heavy atom. The lowest BCUT2D eigenvalue weighted by atomic mass is 9.78. The molecular formula is C27H38BFN2O5. The van der Waals surface area contributed by atoms with E-state index in [0.29, 0.717) is 35.1 Å². The molecule has 1 saturated carbocycles. The van der Waals surface area contributed by atoms with Crippen molar-refractivity contribution in [3.05, 3.63) is 40.6 Å². The molecule has 1 N–H and O–H groups in total. The van der Waals surface area contributed by atoms with Crippen LogP contribution in [0.4, 0.5) is 9.18 Å². The normalized spacial score (nSPS) is 19.9. The van der Waals surface area contributed by atoms with Crippen molar-refractivity contribution in [3.8, 4) is 0 Å². The number of ether oxygens (including phenoxy) is 1. The van der Waals surface area contributed by atoms with Gasteiger partial charge in [0.1, 0.15) is 11.4 Å². The number of rotatable bonds is 7. The second kappa shape index (κ2) is 9.49. The Balaban J connectivity index is 1.45. The Kier molecular flexibility index (Phi) is 7.03. The number of carbonyl (C=O) groups excluding carboxylic acids is 1. The quantitative estimate of drug-likeness (QED) is 0.566. The number of benzene rings is 1. The van der Waals surface area contributed by atoms with Crippen molar-refractivity contribution >= 4 is 29.4 Å². The molecule has 0 radical (unpaired) electrons. The third-order valence-electron chi connectivity index (χ3n) is 7.41. The average Bonchev–Trinajstić information content (AvgIpc) is 3.54. The van der Waals surface area contributed by atoms with Crippen molar-refractivity contribution in [2.45, 2.75) is 104 Å². The van der Waals surface area contributed by atoms with E-state index in [1.807, 2.05) is 54.5 Å². The molecule has 4 rings (SSSR count). The lowest BCUT2D eigenvalue weighted by Gasteiger charge is -2.32. The average molecular weight is 500 g/mol. The van der Waals surface area contributed by atoms with Gasteiger partial charge in [0.25, 0.3) is 5.56 Å². The largest absolute Gasteiger partial charge is 0.497 e. The number of aromatic nitrogens is 1. The summed E-state index contributed by atoms with van der Waals surface area (Å²) < 4.78 is 34.1. The van der Waals surface area contributed by atoms with Crippen LogP contribution in [0.5, 0.6) is 0 Å². The maximum atomic E-state index is 15.1. The molecule has 2 aromatic rings. The van der Waals surface area contributed by atoms with Gasteiger partial charge in [-0.15, -0.1) is 0 Å². The van der Waals surface area contributed by atoms with Crippen molar-refractivity contribution in [2.75, 3.05) is 0 Å². The number of aryl methyl sites for hydroxylation is 1. The van der Waals surface area contributed by atoms with Crippen molar-refractivity contribution in [1.29, 1.82) is 0 Å². The lowest BCUT2D eigenvalue weighted by molar-refractivity contribution is 0.00578. The summed E-state index contributed by atoms with van der Waals surface area (Å²) in [5.74, 6) is -0.0699. The summed E-state index contributed by atoms with van der Waals surface area (Å²) in [5.41, 5.74) is -1.67. The van der Waals surface area contributed by atoms with E-state index in [1.165, 1.54) is 6.07 Å². The second-order valence-electron chi connectivity index (χ2n) is 12.1. The monoisotopic (exact) mass is 500 g/mol. The molecule has 1 amide bonds. The summed E-state index contributed by atoms with van der Waals surface area (Å²) in [6, 6.07) is 4.77. The fourth-order valence-corrected chi connectivity index (χ4v) is 4.51. The first-order valence-electron chi connectivity index (χ1n) is 12.8. The van der Waals surface area contributed by atoms with E-state index in [9.17, 15) is 9.59 Å². The number of nitrogens with one attached hydrogen (secondary N) is 1. The zero-order valence-corrected chi connectivity index (χ0v) is 22.4. The number of carbonyl (C=O) groups is 1. The first kappa shape index (κ1) is 26.7. The lowest BCUT2D eigenvalue weighted by Crippen LogP contribution is -2.41. The number of pyridine rings is 1. The Hall–Kier alpha value is -2.39. The van der Waals surface area contributed by atoms with Crippen LogP contribution in [0.15, 0.2) is 29.2 Å². The second-order valence-corrected chi connectivity index (χ2v) is 12.1. The predicted octanol–water partition coefficient (Wildman–Crippen LogP) is 4.52. The van der Waals surface area contributed by atoms with Gasteiger partial charge in [0, 0.05) is 24.2 Å². The molecule has 36 heavy (non-hydrogen) atoms. The minimum atomic E-state index is -0.835. The minimum Gasteiger partial charge on any atom is -0.444 e. The van der Waals surface area contributed by atoms with Gasteiger partial charge in [-0.25, -0.2) is 9.18 Å². The number of fused-ring (bicyclic) bond motifs is 1. The van der Waals surface area contributed by atoms with E-state index in [1.54, 1.807) is 16.8 Å². The van der Waals surface area contributed by atoms with Gasteiger partial charge < -0.3 is 23.9 Å². The zero-order chi connectivity index (χ0) is 26.5. The van der Waals surface area contributed by atoms with Crippen molar-refractivity contribution in [3.63, 3.8) is 0 Å². The van der Waals surface area contributed by atoms with E-state index >= 15 is 4.39 Å². The number of alkyl carbamates (subject to hydrolysis) is 1. The Labute approximate surface area is 212 Å². The molecule has 1 atom stereocenters. The standard InChI is InChI=1S/C27H38BFN2O5/c1-25(2,3)34-24(33)30-22(17-10-11-17)9-8-13-31-14-12-18-15-20(21(29)16-19(18)23(31)32)28-35-26(4,5)27(6,7)36-28/h12,14-17,22H,8-11,13H2,1-7H3,(H,30,33)/t22-/m1/s1. The molecule has 0 unspecified atom stereocenters. The molecule has 1 aromatic carbocycles. The number of halogens is 1. The summed E-state index contributed by atoms with van der Waals surface area (Å²) >= 11 is 0. The maximum absolute atomic E-state index is 15.1. The Morgan fingerprint density at radius 2 is 1.86 bits per heavy atom. The van der Waals surface area contributed by atoms with Gasteiger partial charge in [-0.2, -0.15) is 0 Å². The highest BCUT2D eigenvalue weighted by Gasteiger charge is 2.52. The van der Waals surface area contributed by atoms with E-state index in [-0.39, 0.29) is 11.6 Å². The Bertz CT molecular complexity index is 1180. The van der Waals surface area contributed by atoms with Crippen LogP contribution < -0.4 is 16.3 Å². The molecule has 2 heterocycles. The maximum Gasteiger partial charge on any atom is 0.497 e. The van der Waals surface area contributed by atoms with Crippen LogP contribution in [0.2, 0.25) is 0 Å². The highest BCUT2D eigenvalue weighted by atomic mass is 19.1. The smallest absolute Gasteiger partial charge is 0.444 e. The van der Waals surface area contributed by atoms with E-state index in [4.69, 9.17) is 14.0 Å². The van der Waals surface area contributed by atoms with Crippen molar-refractivity contribution in [1.82, 2.24) is 9.88 Å². The number of nitrogens with zero attached hydrogens (tertiary/aromatic N) is 1. The van der Waals surface area contributed by atoms with Gasteiger partial charge >= 0.3 is 13.2 Å². The minimum absolute atomic E-state index is 0.0240. The van der Waals surface area contributed by atoms with Crippen LogP contribution in [-0.2, 0) is 20.6 Å². The highest BCUT2D eigenvalue weighted by Crippen LogP contribution is 2.37. The molecule has 1 saturated heterocycles. The molecule has 9 heteroatoms. The zero-order valence-electron chi connectivity index (χ0n) is 22.4. The summed E-state index contributed by atoms with van der Waals surface area (Å²) in [5, 5.41) is 3.96. The summed E-state index contributed by atoms with van der Waals surface area (Å²) in [4.78, 5) is 25.3. The molecule has 196 valence electrons. The van der Waals surface area contributed by atoms with Crippen LogP contribution in [0, 0.1) is 11.7 Å². The number of hydrogen-bond acceptors (Lipinski definition) is 5. The molecule has 1 aliphatic heterocycles. The molecule has 0 spiro atoms. The SMILES string of the molecule is CC(C)(C)OC(=O)N[C@H](CCCn1ccc2cc(B3OC(C)(C)C(C)(C)O3)c(F)cc2c1=O)C1CC1. The third kappa shape index (κ3) is 5.78. The van der Waals surface area contributed by atoms with Crippen LogP contribution in [0.1, 0.15) is 74.1 Å². The Morgan fingerprint density at radius 1 is 1.22 bits per heavy atom. The van der Waals surface area contributed by atoms with E-state index < -0.39 is 35.8 Å². The van der Waals surface area contributed by atoms with Crippen LogP contribution in [0.25, 0.3) is 10.8 Å². The number of hydrogen-bond donors (Lipinski definition) is 1. The molecule has 1 aromatic heterocycles. The van der Waals surface area contributed by atoms with Gasteiger partial charge in [0.15, 0.2) is 0 Å². The van der Waals surface area contributed by atoms with Crippen molar-refractivity contribution in [2.24, 2.45) is 5.92 Å². The predicted molar refractivity (Wildman–Crippen MR) is 139 cm³/mol. The van der Waals surface area contributed by atoms with Gasteiger partial charge in [-0.1, -0.05) is 6.07 Å². The van der Waals surface area contributed by atoms with Gasteiger partial charge in [-0.3, -0.25) is 4.79 Å². The van der Waals surface area contributed by atoms with Crippen LogP contribution >= 0.6 is 0 Å². The number of amides is 1. The van der Waals surface area contributed by atoms with E-state index in [0.717, 1.165) is 19.3 Å². The fraction of sp³-hybridized carbons (Fsp3) is 0.630. The topological polar surface area (TPSA) is 78.8 Å². The van der Waals surface area contributed by atoms with Gasteiger partial charge in [0.2, 0.25) is 0 Å². The van der Waals surface area contributed by atoms with E-state index in [2.05, 4.69) is 5.32 Å². The molecule has 1 aliphatic carbocycles. The van der Waals surface area contributed by atoms with Gasteiger partial charge in [-0.05, 0) is 97.6 Å². The summed E-state index contributed by atoms with van der Waals surface area (Å²) in [7, 11) is -0.835. The third-order valence-corrected chi connectivity index (χ3v) is 7.41. The van der Waals surface area contributed by atoms with Crippen molar-refractivity contribution < 1.29 is 23.2 Å². The molecule has 0 bridgehead atoms. The summed E-state index contributed by atoms with van der Waals surface area (Å²) in [6.45, 7) is 13.7. The molecule has 2 aliphatic rings.